The third kappa shape index (κ3) is 3.85. The number of aromatic nitrogens is 1. The highest BCUT2D eigenvalue weighted by molar-refractivity contribution is 6.09. The number of para-hydroxylation sites is 1. The summed E-state index contributed by atoms with van der Waals surface area (Å²) in [5.74, 6) is 0.806. The predicted octanol–water partition coefficient (Wildman–Crippen LogP) is 4.44. The molecule has 2 heterocycles. The van der Waals surface area contributed by atoms with E-state index in [2.05, 4.69) is 15.5 Å². The number of anilines is 3. The monoisotopic (exact) mass is 400 g/mol. The number of carbonyl (C=O) groups excluding carboxylic acids is 2. The largest absolute Gasteiger partial charge is 0.356 e. The van der Waals surface area contributed by atoms with Gasteiger partial charge in [-0.3, -0.25) is 9.59 Å². The van der Waals surface area contributed by atoms with E-state index in [-0.39, 0.29) is 17.7 Å². The van der Waals surface area contributed by atoms with Crippen LogP contribution in [0.25, 0.3) is 10.9 Å². The number of hydrogen-bond acceptors (Lipinski definition) is 4. The van der Waals surface area contributed by atoms with Crippen LogP contribution < -0.4 is 15.5 Å². The Bertz CT molecular complexity index is 1100. The third-order valence-electron chi connectivity index (χ3n) is 5.71. The van der Waals surface area contributed by atoms with Gasteiger partial charge in [0.25, 0.3) is 5.91 Å². The minimum atomic E-state index is -0.176. The second kappa shape index (κ2) is 7.78. The first-order valence-corrected chi connectivity index (χ1v) is 10.5. The molecule has 6 nitrogen and oxygen atoms in total. The van der Waals surface area contributed by atoms with Gasteiger partial charge in [-0.15, -0.1) is 0 Å². The maximum Gasteiger partial charge on any atom is 0.259 e. The van der Waals surface area contributed by atoms with Gasteiger partial charge in [-0.05, 0) is 62.1 Å². The summed E-state index contributed by atoms with van der Waals surface area (Å²) >= 11 is 0. The third-order valence-corrected chi connectivity index (χ3v) is 5.71. The van der Waals surface area contributed by atoms with Crippen molar-refractivity contribution in [2.75, 3.05) is 28.6 Å². The number of fused-ring (bicyclic) bond motifs is 1. The Hall–Kier alpha value is -3.41. The van der Waals surface area contributed by atoms with E-state index in [1.165, 1.54) is 0 Å². The van der Waals surface area contributed by atoms with Gasteiger partial charge in [0.2, 0.25) is 5.91 Å². The summed E-state index contributed by atoms with van der Waals surface area (Å²) in [6.45, 7) is 1.84. The van der Waals surface area contributed by atoms with Crippen molar-refractivity contribution in [3.63, 3.8) is 0 Å². The Morgan fingerprint density at radius 1 is 0.900 bits per heavy atom. The van der Waals surface area contributed by atoms with Crippen molar-refractivity contribution in [2.24, 2.45) is 5.92 Å². The van der Waals surface area contributed by atoms with Gasteiger partial charge in [-0.1, -0.05) is 18.2 Å². The van der Waals surface area contributed by atoms with E-state index in [1.807, 2.05) is 54.6 Å². The molecule has 1 aliphatic carbocycles. The van der Waals surface area contributed by atoms with Gasteiger partial charge in [-0.25, -0.2) is 4.98 Å². The van der Waals surface area contributed by atoms with E-state index in [4.69, 9.17) is 4.98 Å². The van der Waals surface area contributed by atoms with E-state index in [1.54, 1.807) is 0 Å². The first-order valence-electron chi connectivity index (χ1n) is 10.5. The molecule has 2 fully saturated rings. The molecule has 5 rings (SSSR count). The average Bonchev–Trinajstić information content (AvgIpc) is 3.48. The van der Waals surface area contributed by atoms with E-state index in [0.29, 0.717) is 11.3 Å². The lowest BCUT2D eigenvalue weighted by atomic mass is 10.1. The number of rotatable bonds is 5. The zero-order chi connectivity index (χ0) is 20.5. The van der Waals surface area contributed by atoms with Crippen LogP contribution in [-0.2, 0) is 4.79 Å². The fraction of sp³-hybridized carbons (Fsp3) is 0.292. The van der Waals surface area contributed by atoms with E-state index >= 15 is 0 Å². The number of hydrogen-bond donors (Lipinski definition) is 2. The number of nitrogens with zero attached hydrogens (tertiary/aromatic N) is 2. The molecule has 1 aliphatic heterocycles. The maximum absolute atomic E-state index is 13.1. The van der Waals surface area contributed by atoms with Crippen molar-refractivity contribution in [3.8, 4) is 0 Å². The summed E-state index contributed by atoms with van der Waals surface area (Å²) in [6, 6.07) is 17.0. The molecule has 2 aromatic carbocycles. The topological polar surface area (TPSA) is 74.3 Å². The fourth-order valence-corrected chi connectivity index (χ4v) is 3.87. The Kier molecular flexibility index (Phi) is 4.83. The van der Waals surface area contributed by atoms with E-state index in [9.17, 15) is 9.59 Å². The van der Waals surface area contributed by atoms with Crippen LogP contribution in [0.1, 0.15) is 36.0 Å². The molecule has 1 aromatic heterocycles. The van der Waals surface area contributed by atoms with Crippen molar-refractivity contribution in [1.29, 1.82) is 0 Å². The molecule has 152 valence electrons. The van der Waals surface area contributed by atoms with Crippen LogP contribution >= 0.6 is 0 Å². The smallest absolute Gasteiger partial charge is 0.259 e. The molecule has 0 atom stereocenters. The zero-order valence-electron chi connectivity index (χ0n) is 16.7. The summed E-state index contributed by atoms with van der Waals surface area (Å²) in [5.41, 5.74) is 2.91. The number of amides is 2. The molecular formula is C24H24N4O2. The SMILES string of the molecule is O=C(Nc1ccc(NC(=O)C2CC2)cc1)c1cc2ccccc2nc1N1CCCC1. The second-order valence-corrected chi connectivity index (χ2v) is 8.04. The molecule has 30 heavy (non-hydrogen) atoms. The van der Waals surface area contributed by atoms with Crippen LogP contribution in [-0.4, -0.2) is 29.9 Å². The van der Waals surface area contributed by atoms with E-state index in [0.717, 1.165) is 61.2 Å². The molecule has 6 heteroatoms. The summed E-state index contributed by atoms with van der Waals surface area (Å²) in [6.07, 6.45) is 4.17. The van der Waals surface area contributed by atoms with Crippen LogP contribution in [0.5, 0.6) is 0 Å². The number of benzene rings is 2. The zero-order valence-corrected chi connectivity index (χ0v) is 16.7. The molecule has 2 amide bonds. The fourth-order valence-electron chi connectivity index (χ4n) is 3.87. The number of nitrogens with one attached hydrogen (secondary N) is 2. The van der Waals surface area contributed by atoms with Gasteiger partial charge in [0.1, 0.15) is 5.82 Å². The van der Waals surface area contributed by atoms with Gasteiger partial charge in [0.05, 0.1) is 11.1 Å². The van der Waals surface area contributed by atoms with Crippen LogP contribution in [0.2, 0.25) is 0 Å². The van der Waals surface area contributed by atoms with E-state index < -0.39 is 0 Å². The molecule has 0 bridgehead atoms. The molecule has 3 aromatic rings. The van der Waals surface area contributed by atoms with Crippen LogP contribution in [0, 0.1) is 5.92 Å². The van der Waals surface area contributed by atoms with Gasteiger partial charge in [0, 0.05) is 35.8 Å². The predicted molar refractivity (Wildman–Crippen MR) is 119 cm³/mol. The summed E-state index contributed by atoms with van der Waals surface area (Å²) < 4.78 is 0. The Balaban J connectivity index is 1.38. The first kappa shape index (κ1) is 18.6. The highest BCUT2D eigenvalue weighted by Gasteiger charge is 2.29. The lowest BCUT2D eigenvalue weighted by molar-refractivity contribution is -0.117. The summed E-state index contributed by atoms with van der Waals surface area (Å²) in [7, 11) is 0. The molecule has 2 N–H and O–H groups in total. The highest BCUT2D eigenvalue weighted by atomic mass is 16.2. The molecule has 1 saturated heterocycles. The molecule has 0 radical (unpaired) electrons. The number of carbonyl (C=O) groups is 2. The van der Waals surface area contributed by atoms with Crippen molar-refractivity contribution in [2.45, 2.75) is 25.7 Å². The molecule has 1 saturated carbocycles. The Morgan fingerprint density at radius 2 is 1.57 bits per heavy atom. The summed E-state index contributed by atoms with van der Waals surface area (Å²) in [4.78, 5) is 32.0. The van der Waals surface area contributed by atoms with Gasteiger partial charge in [-0.2, -0.15) is 0 Å². The molecule has 0 unspecified atom stereocenters. The van der Waals surface area contributed by atoms with Crippen LogP contribution in [0.4, 0.5) is 17.2 Å². The van der Waals surface area contributed by atoms with Crippen molar-refractivity contribution in [3.05, 3.63) is 60.2 Å². The van der Waals surface area contributed by atoms with Gasteiger partial charge in [0.15, 0.2) is 0 Å². The molecular weight excluding hydrogens is 376 g/mol. The van der Waals surface area contributed by atoms with Crippen molar-refractivity contribution in [1.82, 2.24) is 4.98 Å². The van der Waals surface area contributed by atoms with Crippen LogP contribution in [0.15, 0.2) is 54.6 Å². The van der Waals surface area contributed by atoms with Crippen molar-refractivity contribution < 1.29 is 9.59 Å². The lowest BCUT2D eigenvalue weighted by Gasteiger charge is -2.20. The summed E-state index contributed by atoms with van der Waals surface area (Å²) in [5, 5.41) is 6.85. The minimum absolute atomic E-state index is 0.0734. The van der Waals surface area contributed by atoms with Crippen LogP contribution in [0.3, 0.4) is 0 Å². The molecule has 0 spiro atoms. The highest BCUT2D eigenvalue weighted by Crippen LogP contribution is 2.30. The standard InChI is InChI=1S/C24H24N4O2/c29-23(16-7-8-16)25-18-9-11-19(12-10-18)26-24(30)20-15-17-5-1-2-6-21(17)27-22(20)28-13-3-4-14-28/h1-2,5-6,9-12,15-16H,3-4,7-8,13-14H2,(H,25,29)(H,26,30). The molecule has 2 aliphatic rings. The minimum Gasteiger partial charge on any atom is -0.356 e. The normalized spacial score (nSPS) is 15.9. The van der Waals surface area contributed by atoms with Crippen molar-refractivity contribution >= 4 is 39.9 Å². The Morgan fingerprint density at radius 3 is 2.27 bits per heavy atom. The van der Waals surface area contributed by atoms with Gasteiger partial charge < -0.3 is 15.5 Å². The maximum atomic E-state index is 13.1. The number of pyridine rings is 1. The quantitative estimate of drug-likeness (QED) is 0.664. The average molecular weight is 400 g/mol. The lowest BCUT2D eigenvalue weighted by Crippen LogP contribution is -2.24. The van der Waals surface area contributed by atoms with Gasteiger partial charge >= 0.3 is 0 Å². The first-order chi connectivity index (χ1) is 14.7. The second-order valence-electron chi connectivity index (χ2n) is 8.04. The Labute approximate surface area is 175 Å².